The number of nitrogens with one attached hydrogen (secondary N) is 1. The molecule has 4 aromatic rings. The summed E-state index contributed by atoms with van der Waals surface area (Å²) in [6, 6.07) is 10.2. The monoisotopic (exact) mass is 483 g/mol. The Kier molecular flexibility index (Phi) is 6.30. The number of nitrogen functional groups attached to an aromatic ring is 1. The first-order chi connectivity index (χ1) is 16.5. The number of anilines is 2. The van der Waals surface area contributed by atoms with Crippen LogP contribution in [0.5, 0.6) is 0 Å². The fourth-order valence-electron chi connectivity index (χ4n) is 4.23. The van der Waals surface area contributed by atoms with E-state index in [0.29, 0.717) is 40.5 Å². The van der Waals surface area contributed by atoms with E-state index in [9.17, 15) is 8.78 Å². The first-order valence-corrected chi connectivity index (χ1v) is 11.6. The normalized spacial score (nSPS) is 14.6. The molecule has 0 aliphatic carbocycles. The molecule has 34 heavy (non-hydrogen) atoms. The number of rotatable bonds is 6. The van der Waals surface area contributed by atoms with Gasteiger partial charge in [0, 0.05) is 18.7 Å². The third kappa shape index (κ3) is 4.53. The Morgan fingerprint density at radius 2 is 1.76 bits per heavy atom. The molecule has 1 aliphatic rings. The van der Waals surface area contributed by atoms with Crippen LogP contribution in [0.4, 0.5) is 20.5 Å². The van der Waals surface area contributed by atoms with Crippen molar-refractivity contribution in [2.45, 2.75) is 19.3 Å². The molecule has 10 heteroatoms. The van der Waals surface area contributed by atoms with Crippen LogP contribution in [0.2, 0.25) is 5.02 Å². The van der Waals surface area contributed by atoms with Crippen molar-refractivity contribution in [1.82, 2.24) is 24.6 Å². The molecule has 176 valence electrons. The van der Waals surface area contributed by atoms with Crippen LogP contribution in [-0.4, -0.2) is 50.8 Å². The average Bonchev–Trinajstić information content (AvgIpc) is 3.18. The van der Waals surface area contributed by atoms with E-state index in [1.54, 1.807) is 18.2 Å². The zero-order chi connectivity index (χ0) is 23.7. The van der Waals surface area contributed by atoms with E-state index in [-0.39, 0.29) is 16.7 Å². The minimum Gasteiger partial charge on any atom is -0.383 e. The number of nitrogens with zero attached hydrogens (tertiary/aromatic N) is 5. The van der Waals surface area contributed by atoms with E-state index in [1.165, 1.54) is 48.2 Å². The average molecular weight is 484 g/mol. The molecule has 0 spiro atoms. The number of likely N-dealkylation sites (tertiary alicyclic amines) is 1. The lowest BCUT2D eigenvalue weighted by Crippen LogP contribution is -2.33. The summed E-state index contributed by atoms with van der Waals surface area (Å²) in [6.45, 7) is 3.74. The SMILES string of the molecule is Nc1c2c(-c3ccc(F)c(Cl)c3)nc(NCCN3CCCCC3)nc2nn1-c1ccc(F)cc1. The van der Waals surface area contributed by atoms with Crippen LogP contribution in [0.1, 0.15) is 19.3 Å². The summed E-state index contributed by atoms with van der Waals surface area (Å²) in [5, 5.41) is 8.33. The maximum atomic E-state index is 13.8. The van der Waals surface area contributed by atoms with Crippen LogP contribution in [0.15, 0.2) is 42.5 Å². The fourth-order valence-corrected chi connectivity index (χ4v) is 4.41. The maximum Gasteiger partial charge on any atom is 0.225 e. The molecule has 5 rings (SSSR count). The third-order valence-electron chi connectivity index (χ3n) is 5.99. The molecule has 0 saturated carbocycles. The summed E-state index contributed by atoms with van der Waals surface area (Å²) in [5.41, 5.74) is 8.48. The van der Waals surface area contributed by atoms with Gasteiger partial charge < -0.3 is 16.0 Å². The van der Waals surface area contributed by atoms with Gasteiger partial charge in [-0.05, 0) is 68.4 Å². The minimum atomic E-state index is -0.523. The predicted octanol–water partition coefficient (Wildman–Crippen LogP) is 4.89. The van der Waals surface area contributed by atoms with E-state index < -0.39 is 5.82 Å². The van der Waals surface area contributed by atoms with Gasteiger partial charge in [-0.3, -0.25) is 0 Å². The molecule has 3 heterocycles. The summed E-state index contributed by atoms with van der Waals surface area (Å²) in [5.74, 6) is -0.202. The lowest BCUT2D eigenvalue weighted by Gasteiger charge is -2.26. The molecular formula is C24H24ClF2N7. The summed E-state index contributed by atoms with van der Waals surface area (Å²) in [7, 11) is 0. The highest BCUT2D eigenvalue weighted by atomic mass is 35.5. The Morgan fingerprint density at radius 1 is 1.00 bits per heavy atom. The highest BCUT2D eigenvalue weighted by Crippen LogP contribution is 2.34. The number of aromatic nitrogens is 4. The number of piperidine rings is 1. The van der Waals surface area contributed by atoms with E-state index >= 15 is 0 Å². The maximum absolute atomic E-state index is 13.8. The van der Waals surface area contributed by atoms with Crippen LogP contribution in [0.3, 0.4) is 0 Å². The van der Waals surface area contributed by atoms with Crippen molar-refractivity contribution in [1.29, 1.82) is 0 Å². The molecule has 1 fully saturated rings. The number of fused-ring (bicyclic) bond motifs is 1. The molecule has 3 N–H and O–H groups in total. The second kappa shape index (κ2) is 9.52. The van der Waals surface area contributed by atoms with Gasteiger partial charge in [0.25, 0.3) is 0 Å². The first-order valence-electron chi connectivity index (χ1n) is 11.2. The standard InChI is InChI=1S/C24H24ClF2N7/c25-18-14-15(4-9-19(18)27)21-20-22(28)34(17-7-5-16(26)6-8-17)32-23(20)31-24(30-21)29-10-13-33-11-2-1-3-12-33/h4-9,14H,1-3,10-13,28H2,(H,29,31,32). The van der Waals surface area contributed by atoms with Crippen molar-refractivity contribution in [3.8, 4) is 16.9 Å². The van der Waals surface area contributed by atoms with Crippen molar-refractivity contribution >= 4 is 34.4 Å². The second-order valence-electron chi connectivity index (χ2n) is 8.33. The molecule has 2 aromatic heterocycles. The highest BCUT2D eigenvalue weighted by molar-refractivity contribution is 6.31. The van der Waals surface area contributed by atoms with E-state index in [4.69, 9.17) is 22.3 Å². The van der Waals surface area contributed by atoms with Crippen LogP contribution in [-0.2, 0) is 0 Å². The quantitative estimate of drug-likeness (QED) is 0.406. The van der Waals surface area contributed by atoms with Gasteiger partial charge in [0.1, 0.15) is 17.5 Å². The Morgan fingerprint density at radius 3 is 2.50 bits per heavy atom. The third-order valence-corrected chi connectivity index (χ3v) is 6.28. The molecular weight excluding hydrogens is 460 g/mol. The van der Waals surface area contributed by atoms with Crippen LogP contribution in [0, 0.1) is 11.6 Å². The molecule has 7 nitrogen and oxygen atoms in total. The van der Waals surface area contributed by atoms with Gasteiger partial charge in [0.15, 0.2) is 5.65 Å². The van der Waals surface area contributed by atoms with E-state index in [2.05, 4.69) is 20.3 Å². The van der Waals surface area contributed by atoms with Gasteiger partial charge in [-0.1, -0.05) is 18.0 Å². The largest absolute Gasteiger partial charge is 0.383 e. The summed E-state index contributed by atoms with van der Waals surface area (Å²) >= 11 is 6.05. The van der Waals surface area contributed by atoms with Crippen LogP contribution < -0.4 is 11.1 Å². The first kappa shape index (κ1) is 22.5. The molecule has 0 radical (unpaired) electrons. The van der Waals surface area contributed by atoms with Gasteiger partial charge in [-0.25, -0.2) is 18.4 Å². The van der Waals surface area contributed by atoms with Gasteiger partial charge in [-0.2, -0.15) is 4.98 Å². The number of halogens is 3. The van der Waals surface area contributed by atoms with Gasteiger partial charge in [-0.15, -0.1) is 5.10 Å². The lowest BCUT2D eigenvalue weighted by atomic mass is 10.1. The fraction of sp³-hybridized carbons (Fsp3) is 0.292. The molecule has 0 atom stereocenters. The Bertz CT molecular complexity index is 1320. The zero-order valence-corrected chi connectivity index (χ0v) is 19.2. The van der Waals surface area contributed by atoms with Crippen LogP contribution in [0.25, 0.3) is 28.0 Å². The Hall–Kier alpha value is -3.30. The van der Waals surface area contributed by atoms with Crippen molar-refractivity contribution in [3.63, 3.8) is 0 Å². The number of hydrogen-bond donors (Lipinski definition) is 2. The van der Waals surface area contributed by atoms with Gasteiger partial charge in [0.2, 0.25) is 5.95 Å². The van der Waals surface area contributed by atoms with E-state index in [0.717, 1.165) is 19.6 Å². The molecule has 0 bridgehead atoms. The zero-order valence-electron chi connectivity index (χ0n) is 18.4. The second-order valence-corrected chi connectivity index (χ2v) is 8.73. The van der Waals surface area contributed by atoms with Gasteiger partial charge in [0.05, 0.1) is 21.8 Å². The summed E-state index contributed by atoms with van der Waals surface area (Å²) < 4.78 is 28.8. The molecule has 0 amide bonds. The Balaban J connectivity index is 1.55. The minimum absolute atomic E-state index is 0.0200. The predicted molar refractivity (Wildman–Crippen MR) is 130 cm³/mol. The number of benzene rings is 2. The van der Waals surface area contributed by atoms with Crippen molar-refractivity contribution in [2.75, 3.05) is 37.2 Å². The molecule has 1 saturated heterocycles. The lowest BCUT2D eigenvalue weighted by molar-refractivity contribution is 0.237. The van der Waals surface area contributed by atoms with Crippen LogP contribution >= 0.6 is 11.6 Å². The Labute approximate surface area is 200 Å². The molecule has 2 aromatic carbocycles. The molecule has 1 aliphatic heterocycles. The van der Waals surface area contributed by atoms with Gasteiger partial charge >= 0.3 is 0 Å². The smallest absolute Gasteiger partial charge is 0.225 e. The van der Waals surface area contributed by atoms with Crippen molar-refractivity contribution in [2.24, 2.45) is 0 Å². The summed E-state index contributed by atoms with van der Waals surface area (Å²) in [4.78, 5) is 11.7. The number of hydrogen-bond acceptors (Lipinski definition) is 6. The van der Waals surface area contributed by atoms with E-state index in [1.807, 2.05) is 0 Å². The number of nitrogens with two attached hydrogens (primary N) is 1. The van der Waals surface area contributed by atoms with Crippen molar-refractivity contribution in [3.05, 3.63) is 59.1 Å². The molecule has 0 unspecified atom stereocenters. The highest BCUT2D eigenvalue weighted by Gasteiger charge is 2.20. The van der Waals surface area contributed by atoms with Crippen molar-refractivity contribution < 1.29 is 8.78 Å². The summed E-state index contributed by atoms with van der Waals surface area (Å²) in [6.07, 6.45) is 3.72. The topological polar surface area (TPSA) is 84.9 Å².